The third-order valence-corrected chi connectivity index (χ3v) is 2.93. The molecule has 104 valence electrons. The van der Waals surface area contributed by atoms with Gasteiger partial charge in [0.1, 0.15) is 11.4 Å². The van der Waals surface area contributed by atoms with Crippen LogP contribution in [0, 0.1) is 0 Å². The van der Waals surface area contributed by atoms with Crippen molar-refractivity contribution in [2.45, 2.75) is 38.7 Å². The first-order valence-electron chi connectivity index (χ1n) is 6.40. The van der Waals surface area contributed by atoms with Crippen LogP contribution in [0.3, 0.4) is 0 Å². The highest BCUT2D eigenvalue weighted by molar-refractivity contribution is 5.68. The van der Waals surface area contributed by atoms with Crippen molar-refractivity contribution in [2.24, 2.45) is 0 Å². The molecule has 0 saturated carbocycles. The first kappa shape index (κ1) is 13.6. The van der Waals surface area contributed by atoms with Crippen LogP contribution in [-0.2, 0) is 4.74 Å². The molecule has 2 heterocycles. The number of nitrogen functional groups attached to an aromatic ring is 1. The summed E-state index contributed by atoms with van der Waals surface area (Å²) in [5.74, 6) is 0.594. The largest absolute Gasteiger partial charge is 0.444 e. The minimum absolute atomic E-state index is 0.184. The summed E-state index contributed by atoms with van der Waals surface area (Å²) in [6, 6.07) is 0. The van der Waals surface area contributed by atoms with Crippen LogP contribution in [0.1, 0.15) is 38.8 Å². The predicted molar refractivity (Wildman–Crippen MR) is 71.6 cm³/mol. The summed E-state index contributed by atoms with van der Waals surface area (Å²) in [5, 5.41) is 0. The zero-order valence-electron chi connectivity index (χ0n) is 11.6. The van der Waals surface area contributed by atoms with Gasteiger partial charge in [0, 0.05) is 25.2 Å². The van der Waals surface area contributed by atoms with Crippen molar-refractivity contribution in [3.63, 3.8) is 0 Å². The van der Waals surface area contributed by atoms with E-state index in [2.05, 4.69) is 9.97 Å². The molecule has 19 heavy (non-hydrogen) atoms. The molecule has 6 heteroatoms. The smallest absolute Gasteiger partial charge is 0.410 e. The van der Waals surface area contributed by atoms with Crippen LogP contribution in [0.5, 0.6) is 0 Å². The number of nitrogens with two attached hydrogens (primary N) is 1. The van der Waals surface area contributed by atoms with Gasteiger partial charge in [-0.25, -0.2) is 9.78 Å². The molecule has 1 aromatic heterocycles. The maximum Gasteiger partial charge on any atom is 0.410 e. The number of ether oxygens (including phenoxy) is 1. The van der Waals surface area contributed by atoms with Crippen molar-refractivity contribution in [1.29, 1.82) is 0 Å². The van der Waals surface area contributed by atoms with E-state index in [1.54, 1.807) is 11.1 Å². The second-order valence-electron chi connectivity index (χ2n) is 5.78. The highest BCUT2D eigenvalue weighted by Crippen LogP contribution is 2.26. The Morgan fingerprint density at radius 1 is 1.47 bits per heavy atom. The molecule has 0 bridgehead atoms. The van der Waals surface area contributed by atoms with Gasteiger partial charge in [0.2, 0.25) is 0 Å². The van der Waals surface area contributed by atoms with Crippen molar-refractivity contribution in [3.8, 4) is 0 Å². The van der Waals surface area contributed by atoms with Gasteiger partial charge in [-0.1, -0.05) is 0 Å². The summed E-state index contributed by atoms with van der Waals surface area (Å²) in [6.45, 7) is 6.87. The number of likely N-dealkylation sites (tertiary alicyclic amines) is 1. The number of hydrogen-bond donors (Lipinski definition) is 1. The Kier molecular flexibility index (Phi) is 3.59. The fourth-order valence-electron chi connectivity index (χ4n) is 2.09. The van der Waals surface area contributed by atoms with Crippen LogP contribution in [-0.4, -0.2) is 39.7 Å². The highest BCUT2D eigenvalue weighted by atomic mass is 16.6. The zero-order valence-corrected chi connectivity index (χ0v) is 11.6. The first-order valence-corrected chi connectivity index (χ1v) is 6.40. The van der Waals surface area contributed by atoms with E-state index < -0.39 is 5.60 Å². The molecule has 1 fully saturated rings. The number of carbonyl (C=O) groups excluding carboxylic acids is 1. The lowest BCUT2D eigenvalue weighted by Crippen LogP contribution is -2.35. The van der Waals surface area contributed by atoms with Crippen LogP contribution in [0.2, 0.25) is 0 Å². The van der Waals surface area contributed by atoms with E-state index >= 15 is 0 Å². The first-order chi connectivity index (χ1) is 8.85. The van der Waals surface area contributed by atoms with E-state index in [9.17, 15) is 4.79 Å². The number of anilines is 1. The summed E-state index contributed by atoms with van der Waals surface area (Å²) in [6.07, 6.45) is 3.81. The lowest BCUT2D eigenvalue weighted by atomic mass is 10.1. The van der Waals surface area contributed by atoms with Gasteiger partial charge in [-0.15, -0.1) is 0 Å². The van der Waals surface area contributed by atoms with Gasteiger partial charge in [-0.05, 0) is 27.2 Å². The van der Waals surface area contributed by atoms with Gasteiger partial charge in [0.05, 0.1) is 11.9 Å². The molecule has 0 aliphatic carbocycles. The number of rotatable bonds is 1. The van der Waals surface area contributed by atoms with Gasteiger partial charge >= 0.3 is 6.09 Å². The summed E-state index contributed by atoms with van der Waals surface area (Å²) in [5.41, 5.74) is 6.00. The van der Waals surface area contributed by atoms with Crippen molar-refractivity contribution in [2.75, 3.05) is 18.8 Å². The Hall–Kier alpha value is -1.85. The van der Waals surface area contributed by atoms with Gasteiger partial charge < -0.3 is 15.4 Å². The average Bonchev–Trinajstić information content (AvgIpc) is 2.75. The van der Waals surface area contributed by atoms with Crippen LogP contribution in [0.25, 0.3) is 0 Å². The van der Waals surface area contributed by atoms with Gasteiger partial charge in [-0.3, -0.25) is 4.98 Å². The number of aromatic nitrogens is 2. The van der Waals surface area contributed by atoms with E-state index in [-0.39, 0.29) is 12.0 Å². The van der Waals surface area contributed by atoms with Gasteiger partial charge in [-0.2, -0.15) is 0 Å². The Morgan fingerprint density at radius 3 is 2.84 bits per heavy atom. The summed E-state index contributed by atoms with van der Waals surface area (Å²) in [4.78, 5) is 22.0. The average molecular weight is 264 g/mol. The molecule has 1 atom stereocenters. The molecule has 2 N–H and O–H groups in total. The molecular formula is C13H20N4O2. The molecule has 1 saturated heterocycles. The Bertz CT molecular complexity index is 470. The zero-order chi connectivity index (χ0) is 14.0. The summed E-state index contributed by atoms with van der Waals surface area (Å²) >= 11 is 0. The van der Waals surface area contributed by atoms with E-state index in [0.717, 1.165) is 12.1 Å². The Morgan fingerprint density at radius 2 is 2.21 bits per heavy atom. The summed E-state index contributed by atoms with van der Waals surface area (Å²) in [7, 11) is 0. The molecule has 6 nitrogen and oxygen atoms in total. The quantitative estimate of drug-likeness (QED) is 0.836. The molecule has 1 unspecified atom stereocenters. The van der Waals surface area contributed by atoms with Crippen molar-refractivity contribution in [3.05, 3.63) is 18.1 Å². The Balaban J connectivity index is 1.98. The second-order valence-corrected chi connectivity index (χ2v) is 5.78. The van der Waals surface area contributed by atoms with Gasteiger partial charge in [0.25, 0.3) is 0 Å². The lowest BCUT2D eigenvalue weighted by molar-refractivity contribution is 0.0292. The highest BCUT2D eigenvalue weighted by Gasteiger charge is 2.31. The summed E-state index contributed by atoms with van der Waals surface area (Å²) < 4.78 is 5.36. The van der Waals surface area contributed by atoms with E-state index in [1.165, 1.54) is 6.20 Å². The maximum absolute atomic E-state index is 11.9. The minimum Gasteiger partial charge on any atom is -0.444 e. The maximum atomic E-state index is 11.9. The fourth-order valence-corrected chi connectivity index (χ4v) is 2.09. The van der Waals surface area contributed by atoms with Crippen molar-refractivity contribution >= 4 is 11.9 Å². The van der Waals surface area contributed by atoms with E-state index in [0.29, 0.717) is 18.9 Å². The Labute approximate surface area is 113 Å². The normalized spacial score (nSPS) is 19.5. The van der Waals surface area contributed by atoms with Crippen LogP contribution in [0.4, 0.5) is 10.6 Å². The monoisotopic (exact) mass is 264 g/mol. The topological polar surface area (TPSA) is 81.3 Å². The van der Waals surface area contributed by atoms with Crippen LogP contribution < -0.4 is 5.73 Å². The lowest BCUT2D eigenvalue weighted by Gasteiger charge is -2.24. The molecule has 0 radical (unpaired) electrons. The predicted octanol–water partition coefficient (Wildman–Crippen LogP) is 1.78. The number of nitrogens with zero attached hydrogens (tertiary/aromatic N) is 3. The third-order valence-electron chi connectivity index (χ3n) is 2.93. The fraction of sp³-hybridized carbons (Fsp3) is 0.615. The molecule has 2 rings (SSSR count). The second kappa shape index (κ2) is 5.03. The minimum atomic E-state index is -0.466. The molecule has 1 aliphatic rings. The third kappa shape index (κ3) is 3.56. The molecule has 0 aromatic carbocycles. The molecular weight excluding hydrogens is 244 g/mol. The SMILES string of the molecule is CC(C)(C)OC(=O)N1CCC(c2cncc(N)n2)C1. The van der Waals surface area contributed by atoms with Gasteiger partial charge in [0.15, 0.2) is 0 Å². The van der Waals surface area contributed by atoms with Crippen LogP contribution >= 0.6 is 0 Å². The molecule has 1 aliphatic heterocycles. The van der Waals surface area contributed by atoms with Crippen LogP contribution in [0.15, 0.2) is 12.4 Å². The standard InChI is InChI=1S/C13H20N4O2/c1-13(2,3)19-12(18)17-5-4-9(8-17)10-6-15-7-11(14)16-10/h6-7,9H,4-5,8H2,1-3H3,(H2,14,16). The number of amides is 1. The molecule has 1 amide bonds. The van der Waals surface area contributed by atoms with E-state index in [1.807, 2.05) is 20.8 Å². The molecule has 0 spiro atoms. The van der Waals surface area contributed by atoms with Crippen molar-refractivity contribution < 1.29 is 9.53 Å². The molecule has 1 aromatic rings. The van der Waals surface area contributed by atoms with E-state index in [4.69, 9.17) is 10.5 Å². The number of carbonyl (C=O) groups is 1. The number of hydrogen-bond acceptors (Lipinski definition) is 5. The van der Waals surface area contributed by atoms with Crippen molar-refractivity contribution in [1.82, 2.24) is 14.9 Å².